The number of aromatic amines is 1. The molecule has 4 nitrogen and oxygen atoms in total. The maximum Gasteiger partial charge on any atom is 0.141 e. The quantitative estimate of drug-likeness (QED) is 0.600. The van der Waals surface area contributed by atoms with Crippen LogP contribution in [0.4, 0.5) is 5.82 Å². The molecular weight excluding hydrogens is 200 g/mol. The van der Waals surface area contributed by atoms with Crippen LogP contribution >= 0.6 is 0 Å². The Labute approximate surface area is 93.2 Å². The van der Waals surface area contributed by atoms with Crippen LogP contribution in [0.3, 0.4) is 0 Å². The Morgan fingerprint density at radius 2 is 1.81 bits per heavy atom. The first-order valence-electron chi connectivity index (χ1n) is 4.90. The van der Waals surface area contributed by atoms with E-state index in [1.807, 2.05) is 30.5 Å². The molecule has 0 aliphatic heterocycles. The lowest BCUT2D eigenvalue weighted by Gasteiger charge is -1.91. The van der Waals surface area contributed by atoms with Crippen molar-refractivity contribution in [2.75, 3.05) is 5.73 Å². The summed E-state index contributed by atoms with van der Waals surface area (Å²) in [5.41, 5.74) is 6.20. The van der Waals surface area contributed by atoms with E-state index in [1.54, 1.807) is 6.20 Å². The molecule has 4 heteroatoms. The van der Waals surface area contributed by atoms with Gasteiger partial charge in [0.25, 0.3) is 0 Å². The van der Waals surface area contributed by atoms with Crippen LogP contribution in [-0.4, -0.2) is 15.0 Å². The Bertz CT molecular complexity index is 480. The fraction of sp³-hybridized carbons (Fsp3) is 0. The Hall–Kier alpha value is -2.36. The predicted octanol–water partition coefficient (Wildman–Crippen LogP) is 2.23. The first-order valence-corrected chi connectivity index (χ1v) is 4.90. The van der Waals surface area contributed by atoms with E-state index in [2.05, 4.69) is 27.1 Å². The maximum atomic E-state index is 5.14. The number of H-pyrrole nitrogens is 1. The van der Waals surface area contributed by atoms with Crippen LogP contribution < -0.4 is 5.73 Å². The molecule has 3 aromatic rings. The predicted molar refractivity (Wildman–Crippen MR) is 64.7 cm³/mol. The number of aromatic nitrogens is 3. The molecule has 0 saturated heterocycles. The summed E-state index contributed by atoms with van der Waals surface area (Å²) in [6, 6.07) is 12.1. The van der Waals surface area contributed by atoms with Crippen LogP contribution in [0, 0.1) is 0 Å². The molecule has 0 amide bonds. The maximum absolute atomic E-state index is 5.14. The summed E-state index contributed by atoms with van der Waals surface area (Å²) in [6.45, 7) is 0. The molecule has 0 fully saturated rings. The van der Waals surface area contributed by atoms with E-state index >= 15 is 0 Å². The number of imidazole rings is 1. The number of hydrogen-bond acceptors (Lipinski definition) is 3. The summed E-state index contributed by atoms with van der Waals surface area (Å²) in [5, 5.41) is 1.20. The van der Waals surface area contributed by atoms with Gasteiger partial charge in [-0.05, 0) is 12.1 Å². The van der Waals surface area contributed by atoms with Gasteiger partial charge in [-0.2, -0.15) is 0 Å². The molecule has 0 aliphatic carbocycles. The summed E-state index contributed by atoms with van der Waals surface area (Å²) >= 11 is 0. The molecule has 3 N–H and O–H groups in total. The van der Waals surface area contributed by atoms with E-state index in [0.29, 0.717) is 5.82 Å². The van der Waals surface area contributed by atoms with Gasteiger partial charge in [-0.1, -0.05) is 24.3 Å². The van der Waals surface area contributed by atoms with Crippen LogP contribution in [-0.2, 0) is 0 Å². The van der Waals surface area contributed by atoms with Crippen molar-refractivity contribution in [2.24, 2.45) is 0 Å². The topological polar surface area (TPSA) is 67.6 Å². The zero-order valence-corrected chi connectivity index (χ0v) is 8.67. The second-order valence-electron chi connectivity index (χ2n) is 3.19. The van der Waals surface area contributed by atoms with Gasteiger partial charge in [0, 0.05) is 17.8 Å². The number of pyridine rings is 1. The van der Waals surface area contributed by atoms with E-state index < -0.39 is 0 Å². The molecule has 0 aliphatic rings. The molecule has 0 bridgehead atoms. The first-order chi connectivity index (χ1) is 7.86. The molecule has 2 heterocycles. The highest BCUT2D eigenvalue weighted by Crippen LogP contribution is 2.07. The molecule has 0 spiro atoms. The average Bonchev–Trinajstić information content (AvgIpc) is 2.81. The van der Waals surface area contributed by atoms with Crippen LogP contribution in [0.2, 0.25) is 0 Å². The Balaban J connectivity index is 0.000000138. The number of nitrogens with zero attached hydrogens (tertiary/aromatic N) is 2. The highest BCUT2D eigenvalue weighted by Gasteiger charge is 1.86. The van der Waals surface area contributed by atoms with Gasteiger partial charge in [0.2, 0.25) is 0 Å². The van der Waals surface area contributed by atoms with Gasteiger partial charge >= 0.3 is 0 Å². The fourth-order valence-electron chi connectivity index (χ4n) is 1.29. The SMILES string of the molecule is Nc1c[nH]cn1.c1ccc2ncccc2c1. The number of anilines is 1. The summed E-state index contributed by atoms with van der Waals surface area (Å²) in [7, 11) is 0. The smallest absolute Gasteiger partial charge is 0.141 e. The van der Waals surface area contributed by atoms with Crippen molar-refractivity contribution in [3.05, 3.63) is 55.1 Å². The zero-order valence-electron chi connectivity index (χ0n) is 8.67. The average molecular weight is 212 g/mol. The molecule has 0 unspecified atom stereocenters. The monoisotopic (exact) mass is 212 g/mol. The van der Waals surface area contributed by atoms with E-state index in [1.165, 1.54) is 11.7 Å². The first kappa shape index (κ1) is 10.2. The minimum atomic E-state index is 0.537. The van der Waals surface area contributed by atoms with E-state index in [4.69, 9.17) is 5.73 Å². The number of fused-ring (bicyclic) bond motifs is 1. The van der Waals surface area contributed by atoms with Crippen molar-refractivity contribution in [1.29, 1.82) is 0 Å². The molecule has 1 aromatic carbocycles. The van der Waals surface area contributed by atoms with Crippen molar-refractivity contribution in [3.63, 3.8) is 0 Å². The number of hydrogen-bond donors (Lipinski definition) is 2. The molecule has 80 valence electrons. The highest BCUT2D eigenvalue weighted by atomic mass is 14.9. The summed E-state index contributed by atoms with van der Waals surface area (Å²) < 4.78 is 0. The molecule has 16 heavy (non-hydrogen) atoms. The normalized spacial score (nSPS) is 9.50. The molecule has 0 radical (unpaired) electrons. The third-order valence-corrected chi connectivity index (χ3v) is 2.03. The lowest BCUT2D eigenvalue weighted by atomic mass is 10.2. The largest absolute Gasteiger partial charge is 0.382 e. The van der Waals surface area contributed by atoms with Crippen molar-refractivity contribution >= 4 is 16.7 Å². The Morgan fingerprint density at radius 1 is 1.00 bits per heavy atom. The third-order valence-electron chi connectivity index (χ3n) is 2.03. The van der Waals surface area contributed by atoms with Crippen molar-refractivity contribution in [3.8, 4) is 0 Å². The summed E-state index contributed by atoms with van der Waals surface area (Å²) in [4.78, 5) is 10.5. The fourth-order valence-corrected chi connectivity index (χ4v) is 1.29. The number of benzene rings is 1. The lowest BCUT2D eigenvalue weighted by Crippen LogP contribution is -1.79. The summed E-state index contributed by atoms with van der Waals surface area (Å²) in [6.07, 6.45) is 4.97. The van der Waals surface area contributed by atoms with Gasteiger partial charge in [-0.25, -0.2) is 4.98 Å². The second-order valence-corrected chi connectivity index (χ2v) is 3.19. The van der Waals surface area contributed by atoms with Gasteiger partial charge in [0.15, 0.2) is 0 Å². The minimum absolute atomic E-state index is 0.537. The number of nitrogens with one attached hydrogen (secondary N) is 1. The molecule has 3 rings (SSSR count). The Kier molecular flexibility index (Phi) is 3.13. The summed E-state index contributed by atoms with van der Waals surface area (Å²) in [5.74, 6) is 0.537. The van der Waals surface area contributed by atoms with Crippen LogP contribution in [0.5, 0.6) is 0 Å². The van der Waals surface area contributed by atoms with Crippen molar-refractivity contribution < 1.29 is 0 Å². The van der Waals surface area contributed by atoms with Gasteiger partial charge in [0.05, 0.1) is 11.8 Å². The third kappa shape index (κ3) is 2.57. The molecule has 2 aromatic heterocycles. The van der Waals surface area contributed by atoms with Crippen molar-refractivity contribution in [1.82, 2.24) is 15.0 Å². The molecule has 0 saturated carbocycles. The van der Waals surface area contributed by atoms with Crippen LogP contribution in [0.15, 0.2) is 55.1 Å². The lowest BCUT2D eigenvalue weighted by molar-refractivity contribution is 1.32. The Morgan fingerprint density at radius 3 is 2.44 bits per heavy atom. The van der Waals surface area contributed by atoms with E-state index in [9.17, 15) is 0 Å². The highest BCUT2D eigenvalue weighted by molar-refractivity contribution is 5.77. The van der Waals surface area contributed by atoms with Gasteiger partial charge < -0.3 is 10.7 Å². The number of para-hydroxylation sites is 1. The van der Waals surface area contributed by atoms with Gasteiger partial charge in [-0.3, -0.25) is 4.98 Å². The second kappa shape index (κ2) is 4.93. The van der Waals surface area contributed by atoms with Crippen LogP contribution in [0.25, 0.3) is 10.9 Å². The number of rotatable bonds is 0. The van der Waals surface area contributed by atoms with E-state index in [0.717, 1.165) is 5.52 Å². The van der Waals surface area contributed by atoms with Gasteiger partial charge in [-0.15, -0.1) is 0 Å². The number of nitrogens with two attached hydrogens (primary N) is 1. The number of nitrogen functional groups attached to an aromatic ring is 1. The van der Waals surface area contributed by atoms with Gasteiger partial charge in [0.1, 0.15) is 5.82 Å². The zero-order chi connectivity index (χ0) is 11.2. The minimum Gasteiger partial charge on any atom is -0.382 e. The molecular formula is C12H12N4. The molecule has 0 atom stereocenters. The standard InChI is InChI=1S/C9H7N.C3H5N3/c1-2-6-9-8(4-1)5-3-7-10-9;4-3-1-5-2-6-3/h1-7H;1-2H,4H2,(H,5,6). The van der Waals surface area contributed by atoms with Crippen LogP contribution in [0.1, 0.15) is 0 Å². The van der Waals surface area contributed by atoms with Crippen molar-refractivity contribution in [2.45, 2.75) is 0 Å². The van der Waals surface area contributed by atoms with E-state index in [-0.39, 0.29) is 0 Å².